The number of carbonyl (C=O) groups is 1. The van der Waals surface area contributed by atoms with Gasteiger partial charge < -0.3 is 15.6 Å². The molecule has 0 aliphatic carbocycles. The van der Waals surface area contributed by atoms with E-state index in [0.29, 0.717) is 17.9 Å². The first kappa shape index (κ1) is 14.6. The Kier molecular flexibility index (Phi) is 4.44. The second-order valence-electron chi connectivity index (χ2n) is 5.05. The summed E-state index contributed by atoms with van der Waals surface area (Å²) in [4.78, 5) is 16.5. The molecule has 0 saturated heterocycles. The number of thiazole rings is 1. The predicted octanol–water partition coefficient (Wildman–Crippen LogP) is 2.39. The molecule has 0 bridgehead atoms. The average molecular weight is 292 g/mol. The summed E-state index contributed by atoms with van der Waals surface area (Å²) in [6, 6.07) is 1.91. The van der Waals surface area contributed by atoms with Crippen LogP contribution in [-0.4, -0.2) is 22.0 Å². The van der Waals surface area contributed by atoms with Crippen LogP contribution in [-0.2, 0) is 6.42 Å². The molecule has 108 valence electrons. The Bertz CT molecular complexity index is 600. The van der Waals surface area contributed by atoms with Crippen LogP contribution in [0, 0.1) is 6.92 Å². The van der Waals surface area contributed by atoms with Gasteiger partial charge in [0.05, 0.1) is 10.7 Å². The highest BCUT2D eigenvalue weighted by atomic mass is 32.1. The summed E-state index contributed by atoms with van der Waals surface area (Å²) in [5, 5.41) is 5.98. The molecule has 3 N–H and O–H groups in total. The number of aromatic nitrogens is 2. The summed E-state index contributed by atoms with van der Waals surface area (Å²) in [5.41, 5.74) is 8.01. The maximum absolute atomic E-state index is 12.2. The van der Waals surface area contributed by atoms with Crippen molar-refractivity contribution in [2.75, 3.05) is 12.3 Å². The van der Waals surface area contributed by atoms with E-state index in [1.54, 1.807) is 23.6 Å². The van der Waals surface area contributed by atoms with Crippen molar-refractivity contribution in [1.82, 2.24) is 14.9 Å². The Morgan fingerprint density at radius 2 is 2.30 bits per heavy atom. The molecule has 0 spiro atoms. The fourth-order valence-corrected chi connectivity index (χ4v) is 2.78. The molecule has 2 aromatic rings. The van der Waals surface area contributed by atoms with Crippen LogP contribution in [0.25, 0.3) is 0 Å². The third kappa shape index (κ3) is 3.39. The zero-order valence-corrected chi connectivity index (χ0v) is 12.8. The summed E-state index contributed by atoms with van der Waals surface area (Å²) in [7, 11) is 0. The molecule has 0 aromatic carbocycles. The van der Waals surface area contributed by atoms with E-state index in [1.807, 2.05) is 30.7 Å². The van der Waals surface area contributed by atoms with Gasteiger partial charge in [0.15, 0.2) is 0 Å². The number of rotatable bonds is 5. The zero-order chi connectivity index (χ0) is 14.7. The van der Waals surface area contributed by atoms with Crippen molar-refractivity contribution in [3.63, 3.8) is 0 Å². The van der Waals surface area contributed by atoms with Gasteiger partial charge in [-0.3, -0.25) is 4.79 Å². The molecule has 0 aliphatic rings. The minimum atomic E-state index is -0.0938. The highest BCUT2D eigenvalue weighted by Gasteiger charge is 2.14. The third-order valence-electron chi connectivity index (χ3n) is 2.95. The number of nitrogens with two attached hydrogens (primary N) is 1. The summed E-state index contributed by atoms with van der Waals surface area (Å²) in [6.07, 6.45) is 2.55. The summed E-state index contributed by atoms with van der Waals surface area (Å²) < 4.78 is 1.89. The lowest BCUT2D eigenvalue weighted by atomic mass is 10.3. The molecule has 2 aromatic heterocycles. The molecule has 0 radical (unpaired) electrons. The van der Waals surface area contributed by atoms with Crippen molar-refractivity contribution in [1.29, 1.82) is 0 Å². The van der Waals surface area contributed by atoms with Gasteiger partial charge in [-0.05, 0) is 26.8 Å². The highest BCUT2D eigenvalue weighted by molar-refractivity contribution is 7.09. The molecule has 0 saturated carbocycles. The standard InChI is InChI=1S/C14H20N4OS/c1-9(2)18-7-11(15)6-12(18)14(19)16-5-4-13-17-10(3)8-20-13/h6-9H,4-5,15H2,1-3H3,(H,16,19). The molecule has 0 unspecified atom stereocenters. The van der Waals surface area contributed by atoms with Gasteiger partial charge in [-0.25, -0.2) is 4.98 Å². The summed E-state index contributed by atoms with van der Waals surface area (Å²) in [5.74, 6) is -0.0938. The molecule has 20 heavy (non-hydrogen) atoms. The Labute approximate surface area is 122 Å². The van der Waals surface area contributed by atoms with E-state index in [0.717, 1.165) is 17.1 Å². The Morgan fingerprint density at radius 3 is 2.90 bits per heavy atom. The van der Waals surface area contributed by atoms with Crippen molar-refractivity contribution < 1.29 is 4.79 Å². The van der Waals surface area contributed by atoms with Crippen molar-refractivity contribution in [2.24, 2.45) is 0 Å². The maximum Gasteiger partial charge on any atom is 0.268 e. The van der Waals surface area contributed by atoms with Gasteiger partial charge in [-0.1, -0.05) is 0 Å². The molecule has 2 rings (SSSR count). The lowest BCUT2D eigenvalue weighted by Crippen LogP contribution is -2.28. The lowest BCUT2D eigenvalue weighted by molar-refractivity contribution is 0.0943. The van der Waals surface area contributed by atoms with Gasteiger partial charge in [-0.2, -0.15) is 0 Å². The summed E-state index contributed by atoms with van der Waals surface area (Å²) >= 11 is 1.62. The number of nitrogens with zero attached hydrogens (tertiary/aromatic N) is 2. The number of carbonyl (C=O) groups excluding carboxylic acids is 1. The number of aryl methyl sites for hydroxylation is 1. The Balaban J connectivity index is 1.95. The fourth-order valence-electron chi connectivity index (χ4n) is 2.00. The number of nitrogens with one attached hydrogen (secondary N) is 1. The highest BCUT2D eigenvalue weighted by Crippen LogP contribution is 2.16. The van der Waals surface area contributed by atoms with Gasteiger partial charge in [0.1, 0.15) is 5.69 Å². The minimum absolute atomic E-state index is 0.0938. The van der Waals surface area contributed by atoms with E-state index >= 15 is 0 Å². The smallest absolute Gasteiger partial charge is 0.268 e. The van der Waals surface area contributed by atoms with Gasteiger partial charge in [0.2, 0.25) is 0 Å². The fraction of sp³-hybridized carbons (Fsp3) is 0.429. The van der Waals surface area contributed by atoms with Gasteiger partial charge in [-0.15, -0.1) is 11.3 Å². The van der Waals surface area contributed by atoms with Crippen LogP contribution in [0.15, 0.2) is 17.6 Å². The molecule has 0 aliphatic heterocycles. The van der Waals surface area contributed by atoms with E-state index in [4.69, 9.17) is 5.73 Å². The Morgan fingerprint density at radius 1 is 1.55 bits per heavy atom. The van der Waals surface area contributed by atoms with E-state index < -0.39 is 0 Å². The quantitative estimate of drug-likeness (QED) is 0.888. The van der Waals surface area contributed by atoms with Crippen LogP contribution in [0.4, 0.5) is 5.69 Å². The van der Waals surface area contributed by atoms with Crippen LogP contribution < -0.4 is 11.1 Å². The minimum Gasteiger partial charge on any atom is -0.397 e. The first-order chi connectivity index (χ1) is 9.47. The van der Waals surface area contributed by atoms with Crippen LogP contribution >= 0.6 is 11.3 Å². The molecule has 0 fully saturated rings. The number of hydrogen-bond donors (Lipinski definition) is 2. The average Bonchev–Trinajstić information content (AvgIpc) is 2.95. The summed E-state index contributed by atoms with van der Waals surface area (Å²) in [6.45, 7) is 6.59. The molecular formula is C14H20N4OS. The topological polar surface area (TPSA) is 72.9 Å². The number of hydrogen-bond acceptors (Lipinski definition) is 4. The van der Waals surface area contributed by atoms with Crippen molar-refractivity contribution in [2.45, 2.75) is 33.2 Å². The molecule has 0 atom stereocenters. The van der Waals surface area contributed by atoms with Gasteiger partial charge in [0.25, 0.3) is 5.91 Å². The largest absolute Gasteiger partial charge is 0.397 e. The molecule has 1 amide bonds. The van der Waals surface area contributed by atoms with E-state index in [1.165, 1.54) is 0 Å². The monoisotopic (exact) mass is 292 g/mol. The molecule has 5 nitrogen and oxygen atoms in total. The number of amides is 1. The van der Waals surface area contributed by atoms with Crippen LogP contribution in [0.5, 0.6) is 0 Å². The lowest BCUT2D eigenvalue weighted by Gasteiger charge is -2.12. The van der Waals surface area contributed by atoms with E-state index in [9.17, 15) is 4.79 Å². The van der Waals surface area contributed by atoms with Gasteiger partial charge >= 0.3 is 0 Å². The predicted molar refractivity (Wildman–Crippen MR) is 82.1 cm³/mol. The molecular weight excluding hydrogens is 272 g/mol. The zero-order valence-electron chi connectivity index (χ0n) is 12.0. The molecule has 2 heterocycles. The number of nitrogen functional groups attached to an aromatic ring is 1. The van der Waals surface area contributed by atoms with Crippen LogP contribution in [0.2, 0.25) is 0 Å². The first-order valence-corrected chi connectivity index (χ1v) is 7.52. The SMILES string of the molecule is Cc1csc(CCNC(=O)c2cc(N)cn2C(C)C)n1. The van der Waals surface area contributed by atoms with E-state index in [-0.39, 0.29) is 11.9 Å². The van der Waals surface area contributed by atoms with Gasteiger partial charge in [0, 0.05) is 36.3 Å². The van der Waals surface area contributed by atoms with Crippen LogP contribution in [0.3, 0.4) is 0 Å². The van der Waals surface area contributed by atoms with Crippen molar-refractivity contribution in [3.8, 4) is 0 Å². The normalized spacial score (nSPS) is 11.0. The van der Waals surface area contributed by atoms with Crippen molar-refractivity contribution in [3.05, 3.63) is 34.0 Å². The second kappa shape index (κ2) is 6.09. The second-order valence-corrected chi connectivity index (χ2v) is 5.99. The first-order valence-electron chi connectivity index (χ1n) is 6.64. The van der Waals surface area contributed by atoms with Crippen molar-refractivity contribution >= 4 is 22.9 Å². The molecule has 6 heteroatoms. The Hall–Kier alpha value is -1.82. The maximum atomic E-state index is 12.2. The van der Waals surface area contributed by atoms with Crippen LogP contribution in [0.1, 0.15) is 41.1 Å². The van der Waals surface area contributed by atoms with E-state index in [2.05, 4.69) is 10.3 Å². The number of anilines is 1. The third-order valence-corrected chi connectivity index (χ3v) is 3.98.